The van der Waals surface area contributed by atoms with Gasteiger partial charge >= 0.3 is 6.72 Å². The van der Waals surface area contributed by atoms with E-state index in [1.54, 1.807) is 0 Å². The lowest BCUT2D eigenvalue weighted by Crippen LogP contribution is -2.43. The average Bonchev–Trinajstić information content (AvgIpc) is 2.07. The van der Waals surface area contributed by atoms with E-state index in [9.17, 15) is 0 Å². The molecule has 0 N–H and O–H groups in total. The van der Waals surface area contributed by atoms with Crippen LogP contribution in [0.15, 0.2) is 0 Å². The average molecular weight is 194 g/mol. The minimum atomic E-state index is -2.25. The highest BCUT2D eigenvalue weighted by Crippen LogP contribution is 2.60. The second kappa shape index (κ2) is 2.51. The fraction of sp³-hybridized carbons (Fsp3) is 1.00. The standard InChI is InChI=1S/C6H11O3PS/c1-2-6-3-7-10(11,8-4-6)9-5-6/h2-5H2,1H3. The predicted octanol–water partition coefficient (Wildman–Crippen LogP) is 1.68. The summed E-state index contributed by atoms with van der Waals surface area (Å²) in [5.41, 5.74) is 0.0978. The molecule has 0 atom stereocenters. The van der Waals surface area contributed by atoms with E-state index in [1.807, 2.05) is 0 Å². The number of rotatable bonds is 1. The van der Waals surface area contributed by atoms with Gasteiger partial charge in [0.1, 0.15) is 0 Å². The lowest BCUT2D eigenvalue weighted by molar-refractivity contribution is -0.0763. The van der Waals surface area contributed by atoms with Gasteiger partial charge < -0.3 is 13.6 Å². The number of fused-ring (bicyclic) bond motifs is 3. The van der Waals surface area contributed by atoms with Gasteiger partial charge in [-0.3, -0.25) is 0 Å². The van der Waals surface area contributed by atoms with Gasteiger partial charge in [-0.1, -0.05) is 6.92 Å². The molecule has 2 bridgehead atoms. The summed E-state index contributed by atoms with van der Waals surface area (Å²) < 4.78 is 16.0. The Morgan fingerprint density at radius 1 is 1.27 bits per heavy atom. The van der Waals surface area contributed by atoms with E-state index in [-0.39, 0.29) is 5.41 Å². The van der Waals surface area contributed by atoms with Gasteiger partial charge in [0, 0.05) is 5.41 Å². The lowest BCUT2D eigenvalue weighted by atomic mass is 9.88. The number of hydrogen-bond donors (Lipinski definition) is 0. The maximum absolute atomic E-state index is 5.34. The first-order valence-electron chi connectivity index (χ1n) is 3.72. The van der Waals surface area contributed by atoms with Crippen molar-refractivity contribution in [2.24, 2.45) is 5.41 Å². The van der Waals surface area contributed by atoms with E-state index in [0.717, 1.165) is 26.2 Å². The van der Waals surface area contributed by atoms with Crippen molar-refractivity contribution < 1.29 is 13.6 Å². The van der Waals surface area contributed by atoms with Crippen LogP contribution in [0.1, 0.15) is 13.3 Å². The van der Waals surface area contributed by atoms with E-state index in [4.69, 9.17) is 25.4 Å². The third-order valence-electron chi connectivity index (χ3n) is 2.34. The molecule has 3 nitrogen and oxygen atoms in total. The van der Waals surface area contributed by atoms with Crippen LogP contribution in [0.3, 0.4) is 0 Å². The van der Waals surface area contributed by atoms with Crippen molar-refractivity contribution in [2.45, 2.75) is 13.3 Å². The molecule has 3 fully saturated rings. The summed E-state index contributed by atoms with van der Waals surface area (Å²) in [6.45, 7) is 2.04. The Labute approximate surface area is 71.3 Å². The monoisotopic (exact) mass is 194 g/mol. The Kier molecular flexibility index (Phi) is 1.86. The van der Waals surface area contributed by atoms with Gasteiger partial charge in [-0.15, -0.1) is 0 Å². The quantitative estimate of drug-likeness (QED) is 0.593. The summed E-state index contributed by atoms with van der Waals surface area (Å²) in [7, 11) is 0. The Bertz CT molecular complexity index is 187. The van der Waals surface area contributed by atoms with Crippen LogP contribution in [0.2, 0.25) is 0 Å². The fourth-order valence-electron chi connectivity index (χ4n) is 1.19. The molecule has 0 aromatic heterocycles. The predicted molar refractivity (Wildman–Crippen MR) is 44.9 cm³/mol. The maximum atomic E-state index is 5.34. The van der Waals surface area contributed by atoms with Gasteiger partial charge in [0.05, 0.1) is 19.8 Å². The highest BCUT2D eigenvalue weighted by atomic mass is 32.5. The Hall–Kier alpha value is 0.530. The molecular weight excluding hydrogens is 183 g/mol. The van der Waals surface area contributed by atoms with Crippen molar-refractivity contribution in [1.29, 1.82) is 0 Å². The van der Waals surface area contributed by atoms with Crippen molar-refractivity contribution in [2.75, 3.05) is 19.8 Å². The van der Waals surface area contributed by atoms with Gasteiger partial charge in [-0.05, 0) is 18.2 Å². The SMILES string of the molecule is CCC12COP(=S)(OC1)OC2. The van der Waals surface area contributed by atoms with Gasteiger partial charge in [0.25, 0.3) is 0 Å². The molecular formula is C6H11O3PS. The first-order chi connectivity index (χ1) is 5.18. The van der Waals surface area contributed by atoms with Crippen molar-refractivity contribution >= 4 is 18.5 Å². The molecule has 64 valence electrons. The second-order valence-corrected chi connectivity index (χ2v) is 6.13. The van der Waals surface area contributed by atoms with Crippen LogP contribution >= 0.6 is 6.72 Å². The molecule has 0 aliphatic carbocycles. The summed E-state index contributed by atoms with van der Waals surface area (Å²) in [4.78, 5) is 0. The summed E-state index contributed by atoms with van der Waals surface area (Å²) in [5.74, 6) is 0. The molecule has 0 aromatic rings. The molecule has 0 aromatic carbocycles. The lowest BCUT2D eigenvalue weighted by Gasteiger charge is -2.45. The molecule has 5 heteroatoms. The van der Waals surface area contributed by atoms with E-state index in [2.05, 4.69) is 6.92 Å². The first kappa shape index (κ1) is 8.14. The topological polar surface area (TPSA) is 27.7 Å². The van der Waals surface area contributed by atoms with Crippen LogP contribution in [0, 0.1) is 5.41 Å². The number of hydrogen-bond acceptors (Lipinski definition) is 4. The first-order valence-corrected chi connectivity index (χ1v) is 6.27. The van der Waals surface area contributed by atoms with Crippen LogP contribution in [-0.4, -0.2) is 19.8 Å². The van der Waals surface area contributed by atoms with Crippen LogP contribution in [0.5, 0.6) is 0 Å². The smallest absolute Gasteiger partial charge is 0.308 e. The van der Waals surface area contributed by atoms with E-state index in [1.165, 1.54) is 0 Å². The zero-order valence-electron chi connectivity index (χ0n) is 6.41. The van der Waals surface area contributed by atoms with Crippen molar-refractivity contribution in [3.63, 3.8) is 0 Å². The van der Waals surface area contributed by atoms with E-state index >= 15 is 0 Å². The van der Waals surface area contributed by atoms with Gasteiger partial charge in [0.2, 0.25) is 0 Å². The van der Waals surface area contributed by atoms with Crippen LogP contribution in [0.25, 0.3) is 0 Å². The highest BCUT2D eigenvalue weighted by molar-refractivity contribution is 8.07. The molecule has 0 amide bonds. The maximum Gasteiger partial charge on any atom is 0.327 e. The van der Waals surface area contributed by atoms with Gasteiger partial charge in [0.15, 0.2) is 0 Å². The Morgan fingerprint density at radius 3 is 2.09 bits per heavy atom. The van der Waals surface area contributed by atoms with Crippen molar-refractivity contribution in [3.05, 3.63) is 0 Å². The fourth-order valence-corrected chi connectivity index (χ4v) is 3.18. The van der Waals surface area contributed by atoms with E-state index in [0.29, 0.717) is 0 Å². The zero-order valence-corrected chi connectivity index (χ0v) is 8.12. The summed E-state index contributed by atoms with van der Waals surface area (Å²) >= 11 is 5.03. The largest absolute Gasteiger partial charge is 0.327 e. The molecule has 3 aliphatic heterocycles. The molecule has 3 rings (SSSR count). The minimum Gasteiger partial charge on any atom is -0.308 e. The van der Waals surface area contributed by atoms with Gasteiger partial charge in [-0.2, -0.15) is 0 Å². The van der Waals surface area contributed by atoms with Crippen LogP contribution < -0.4 is 0 Å². The third-order valence-corrected chi connectivity index (χ3v) is 4.62. The van der Waals surface area contributed by atoms with Gasteiger partial charge in [-0.25, -0.2) is 0 Å². The minimum absolute atomic E-state index is 0.0978. The highest BCUT2D eigenvalue weighted by Gasteiger charge is 2.46. The molecule has 0 saturated carbocycles. The normalized spacial score (nSPS) is 49.5. The molecule has 0 radical (unpaired) electrons. The second-order valence-electron chi connectivity index (χ2n) is 3.12. The molecule has 3 aliphatic rings. The zero-order chi connectivity index (χ0) is 7.95. The summed E-state index contributed by atoms with van der Waals surface area (Å²) in [6, 6.07) is 0. The third kappa shape index (κ3) is 1.27. The molecule has 11 heavy (non-hydrogen) atoms. The van der Waals surface area contributed by atoms with E-state index < -0.39 is 6.72 Å². The Morgan fingerprint density at radius 2 is 1.73 bits per heavy atom. The summed E-state index contributed by atoms with van der Waals surface area (Å²) in [6.07, 6.45) is 1.03. The van der Waals surface area contributed by atoms with Crippen molar-refractivity contribution in [1.82, 2.24) is 0 Å². The molecule has 0 unspecified atom stereocenters. The molecule has 3 heterocycles. The molecule has 0 spiro atoms. The van der Waals surface area contributed by atoms with Crippen LogP contribution in [0.4, 0.5) is 0 Å². The summed E-state index contributed by atoms with van der Waals surface area (Å²) in [5, 5.41) is 0. The van der Waals surface area contributed by atoms with Crippen LogP contribution in [-0.2, 0) is 25.4 Å². The Balaban J connectivity index is 2.18. The van der Waals surface area contributed by atoms with Crippen molar-refractivity contribution in [3.8, 4) is 0 Å². The molecule has 3 saturated heterocycles.